The van der Waals surface area contributed by atoms with Gasteiger partial charge in [0.05, 0.1) is 23.9 Å². The lowest BCUT2D eigenvalue weighted by atomic mass is 10.1. The number of rotatable bonds is 6. The number of halogens is 1. The molecule has 5 nitrogen and oxygen atoms in total. The molecule has 1 amide bonds. The third-order valence-corrected chi connectivity index (χ3v) is 5.70. The molecule has 2 heterocycles. The molecule has 32 heavy (non-hydrogen) atoms. The zero-order valence-corrected chi connectivity index (χ0v) is 19.7. The third-order valence-electron chi connectivity index (χ3n) is 5.23. The minimum absolute atomic E-state index is 0.176. The highest BCUT2D eigenvalue weighted by Crippen LogP contribution is 2.28. The van der Waals surface area contributed by atoms with Gasteiger partial charge in [-0.3, -0.25) is 9.48 Å². The fourth-order valence-electron chi connectivity index (χ4n) is 3.73. The summed E-state index contributed by atoms with van der Waals surface area (Å²) in [5, 5.41) is 8.57. The van der Waals surface area contributed by atoms with Gasteiger partial charge in [-0.15, -0.1) is 0 Å². The van der Waals surface area contributed by atoms with Gasteiger partial charge in [0.1, 0.15) is 5.70 Å². The molecule has 0 saturated carbocycles. The van der Waals surface area contributed by atoms with Gasteiger partial charge >= 0.3 is 0 Å². The molecule has 0 atom stereocenters. The average Bonchev–Trinajstić information content (AvgIpc) is 3.21. The van der Waals surface area contributed by atoms with Gasteiger partial charge < -0.3 is 10.2 Å². The Morgan fingerprint density at radius 1 is 1.12 bits per heavy atom. The van der Waals surface area contributed by atoms with E-state index in [9.17, 15) is 4.79 Å². The number of aromatic nitrogens is 2. The van der Waals surface area contributed by atoms with Crippen molar-refractivity contribution in [3.8, 4) is 0 Å². The van der Waals surface area contributed by atoms with E-state index in [4.69, 9.17) is 0 Å². The van der Waals surface area contributed by atoms with Gasteiger partial charge in [-0.2, -0.15) is 5.10 Å². The number of fused-ring (bicyclic) bond motifs is 1. The summed E-state index contributed by atoms with van der Waals surface area (Å²) in [5.74, 6) is -0.176. The first-order chi connectivity index (χ1) is 15.6. The maximum Gasteiger partial charge on any atom is 0.272 e. The SMILES string of the molecule is CC=C(C(=O)Nc1cccc2c1cnn2Cc1ccccc1)N1C=C(Br)C=CC1=CCC. The summed E-state index contributed by atoms with van der Waals surface area (Å²) in [5.41, 5.74) is 4.41. The van der Waals surface area contributed by atoms with Gasteiger partial charge in [-0.25, -0.2) is 0 Å². The fraction of sp³-hybridized carbons (Fsp3) is 0.154. The second-order valence-corrected chi connectivity index (χ2v) is 8.32. The second kappa shape index (κ2) is 9.83. The van der Waals surface area contributed by atoms with Gasteiger partial charge in [0.2, 0.25) is 0 Å². The molecule has 0 unspecified atom stereocenters. The minimum Gasteiger partial charge on any atom is -0.320 e. The number of benzene rings is 2. The number of hydrogen-bond acceptors (Lipinski definition) is 3. The number of nitrogens with zero attached hydrogens (tertiary/aromatic N) is 3. The molecule has 162 valence electrons. The topological polar surface area (TPSA) is 50.2 Å². The van der Waals surface area contributed by atoms with E-state index >= 15 is 0 Å². The maximum atomic E-state index is 13.3. The first-order valence-electron chi connectivity index (χ1n) is 10.6. The first kappa shape index (κ1) is 21.8. The largest absolute Gasteiger partial charge is 0.320 e. The molecule has 3 aromatic rings. The zero-order chi connectivity index (χ0) is 22.5. The van der Waals surface area contributed by atoms with E-state index in [2.05, 4.69) is 51.5 Å². The highest BCUT2D eigenvalue weighted by Gasteiger charge is 2.21. The molecule has 0 aliphatic carbocycles. The first-order valence-corrected chi connectivity index (χ1v) is 11.4. The van der Waals surface area contributed by atoms with E-state index in [0.29, 0.717) is 12.2 Å². The molecule has 0 fully saturated rings. The minimum atomic E-state index is -0.176. The Morgan fingerprint density at radius 2 is 1.94 bits per heavy atom. The summed E-state index contributed by atoms with van der Waals surface area (Å²) in [6.45, 7) is 4.62. The van der Waals surface area contributed by atoms with Crippen molar-refractivity contribution in [2.45, 2.75) is 26.8 Å². The number of carbonyl (C=O) groups excluding carboxylic acids is 1. The Morgan fingerprint density at radius 3 is 2.69 bits per heavy atom. The lowest BCUT2D eigenvalue weighted by Gasteiger charge is -2.27. The Hall–Kier alpha value is -3.38. The highest BCUT2D eigenvalue weighted by molar-refractivity contribution is 9.11. The van der Waals surface area contributed by atoms with Crippen LogP contribution in [0.15, 0.2) is 101 Å². The molecule has 0 radical (unpaired) electrons. The Balaban J connectivity index is 1.61. The normalized spacial score (nSPS) is 15.3. The van der Waals surface area contributed by atoms with Crippen LogP contribution in [0.5, 0.6) is 0 Å². The summed E-state index contributed by atoms with van der Waals surface area (Å²) < 4.78 is 2.86. The third kappa shape index (κ3) is 4.60. The highest BCUT2D eigenvalue weighted by atomic mass is 79.9. The number of anilines is 1. The molecule has 1 aliphatic rings. The molecule has 2 aromatic carbocycles. The average molecular weight is 489 g/mol. The standard InChI is InChI=1S/C26H25BrN4O/c1-3-9-21-15-14-20(27)18-30(21)24(4-2)26(32)29-23-12-8-13-25-22(23)16-28-31(25)17-19-10-6-5-7-11-19/h4-16,18H,3,17H2,1-2H3,(H,29,32). The lowest BCUT2D eigenvalue weighted by molar-refractivity contribution is -0.113. The summed E-state index contributed by atoms with van der Waals surface area (Å²) >= 11 is 3.52. The number of amides is 1. The van der Waals surface area contributed by atoms with Gasteiger partial charge in [-0.1, -0.05) is 55.5 Å². The number of carbonyl (C=O) groups is 1. The summed E-state index contributed by atoms with van der Waals surface area (Å²) in [7, 11) is 0. The number of allylic oxidation sites excluding steroid dienone is 5. The lowest BCUT2D eigenvalue weighted by Crippen LogP contribution is -2.27. The van der Waals surface area contributed by atoms with Gasteiger partial charge in [0.15, 0.2) is 0 Å². The van der Waals surface area contributed by atoms with Crippen LogP contribution in [0.3, 0.4) is 0 Å². The van der Waals surface area contributed by atoms with E-state index in [1.807, 2.05) is 83.5 Å². The van der Waals surface area contributed by atoms with Crippen molar-refractivity contribution < 1.29 is 4.79 Å². The van der Waals surface area contributed by atoms with Crippen molar-refractivity contribution in [2.75, 3.05) is 5.32 Å². The van der Waals surface area contributed by atoms with E-state index < -0.39 is 0 Å². The predicted molar refractivity (Wildman–Crippen MR) is 134 cm³/mol. The van der Waals surface area contributed by atoms with Crippen molar-refractivity contribution in [2.24, 2.45) is 0 Å². The quantitative estimate of drug-likeness (QED) is 0.412. The molecular weight excluding hydrogens is 464 g/mol. The summed E-state index contributed by atoms with van der Waals surface area (Å²) in [6, 6.07) is 16.1. The van der Waals surface area contributed by atoms with Gasteiger partial charge in [0, 0.05) is 21.8 Å². The fourth-order valence-corrected chi connectivity index (χ4v) is 4.07. The second-order valence-electron chi connectivity index (χ2n) is 7.41. The zero-order valence-electron chi connectivity index (χ0n) is 18.1. The van der Waals surface area contributed by atoms with Gasteiger partial charge in [0.25, 0.3) is 5.91 Å². The van der Waals surface area contributed by atoms with Crippen molar-refractivity contribution in [1.29, 1.82) is 0 Å². The Kier molecular flexibility index (Phi) is 6.71. The number of nitrogens with one attached hydrogen (secondary N) is 1. The van der Waals surface area contributed by atoms with E-state index in [0.717, 1.165) is 33.2 Å². The van der Waals surface area contributed by atoms with Crippen molar-refractivity contribution >= 4 is 38.4 Å². The molecule has 4 rings (SSSR count). The van der Waals surface area contributed by atoms with Gasteiger partial charge in [-0.05, 0) is 59.1 Å². The van der Waals surface area contributed by atoms with Crippen LogP contribution in [0.1, 0.15) is 25.8 Å². The van der Waals surface area contributed by atoms with Crippen LogP contribution in [0.4, 0.5) is 5.69 Å². The Bertz CT molecular complexity index is 1250. The van der Waals surface area contributed by atoms with Crippen LogP contribution in [-0.2, 0) is 11.3 Å². The summed E-state index contributed by atoms with van der Waals surface area (Å²) in [4.78, 5) is 15.2. The van der Waals surface area contributed by atoms with E-state index in [1.165, 1.54) is 5.56 Å². The van der Waals surface area contributed by atoms with E-state index in [1.54, 1.807) is 0 Å². The van der Waals surface area contributed by atoms with Crippen LogP contribution in [0, 0.1) is 0 Å². The molecule has 1 aliphatic heterocycles. The molecular formula is C26H25BrN4O. The molecule has 0 spiro atoms. The van der Waals surface area contributed by atoms with Crippen molar-refractivity contribution in [1.82, 2.24) is 14.7 Å². The van der Waals surface area contributed by atoms with Crippen molar-refractivity contribution in [3.05, 3.63) is 107 Å². The predicted octanol–water partition coefficient (Wildman–Crippen LogP) is 6.33. The maximum absolute atomic E-state index is 13.3. The molecule has 6 heteroatoms. The molecule has 0 bridgehead atoms. The molecule has 0 saturated heterocycles. The smallest absolute Gasteiger partial charge is 0.272 e. The van der Waals surface area contributed by atoms with Crippen LogP contribution in [0.2, 0.25) is 0 Å². The summed E-state index contributed by atoms with van der Waals surface area (Å²) in [6.07, 6.45) is 12.5. The monoisotopic (exact) mass is 488 g/mol. The van der Waals surface area contributed by atoms with Crippen molar-refractivity contribution in [3.63, 3.8) is 0 Å². The van der Waals surface area contributed by atoms with E-state index in [-0.39, 0.29) is 5.91 Å². The van der Waals surface area contributed by atoms with Crippen LogP contribution >= 0.6 is 15.9 Å². The van der Waals surface area contributed by atoms with Crippen LogP contribution < -0.4 is 5.32 Å². The van der Waals surface area contributed by atoms with Crippen LogP contribution in [-0.4, -0.2) is 20.6 Å². The van der Waals surface area contributed by atoms with Crippen LogP contribution in [0.25, 0.3) is 10.9 Å². The molecule has 1 aromatic heterocycles. The number of hydrogen-bond donors (Lipinski definition) is 1. The molecule has 1 N–H and O–H groups in total. The Labute approximate surface area is 196 Å².